The molecular weight excluding hydrogens is 224 g/mol. The highest BCUT2D eigenvalue weighted by molar-refractivity contribution is 5.95. The lowest BCUT2D eigenvalue weighted by molar-refractivity contribution is -0.126. The second-order valence-electron chi connectivity index (χ2n) is 5.85. The molecule has 0 saturated carbocycles. The van der Waals surface area contributed by atoms with Gasteiger partial charge in [-0.25, -0.2) is 0 Å². The zero-order valence-corrected chi connectivity index (χ0v) is 12.0. The first-order valence-corrected chi connectivity index (χ1v) is 6.37. The molecule has 3 heteroatoms. The van der Waals surface area contributed by atoms with E-state index >= 15 is 0 Å². The Labute approximate surface area is 110 Å². The maximum Gasteiger partial charge on any atom is 0.231 e. The number of anilines is 1. The summed E-state index contributed by atoms with van der Waals surface area (Å²) in [5.74, 6) is -0.0525. The number of benzene rings is 1. The number of hydrogen-bond acceptors (Lipinski definition) is 2. The van der Waals surface area contributed by atoms with Gasteiger partial charge in [0.05, 0.1) is 5.41 Å². The third-order valence-corrected chi connectivity index (χ3v) is 3.77. The monoisotopic (exact) mass is 248 g/mol. The number of carbonyl (C=O) groups is 1. The largest absolute Gasteiger partial charge is 0.326 e. The van der Waals surface area contributed by atoms with Crippen LogP contribution in [0.4, 0.5) is 5.69 Å². The molecule has 1 amide bonds. The zero-order valence-electron chi connectivity index (χ0n) is 12.0. The fraction of sp³-hybridized carbons (Fsp3) is 0.533. The first kappa shape index (κ1) is 14.7. The van der Waals surface area contributed by atoms with E-state index in [0.29, 0.717) is 0 Å². The molecule has 0 saturated heterocycles. The molecule has 0 bridgehead atoms. The molecule has 0 aliphatic heterocycles. The molecule has 0 aromatic heterocycles. The maximum absolute atomic E-state index is 12.3. The Bertz CT molecular complexity index is 430. The van der Waals surface area contributed by atoms with Crippen molar-refractivity contribution in [1.29, 1.82) is 0 Å². The topological polar surface area (TPSA) is 55.1 Å². The van der Waals surface area contributed by atoms with Gasteiger partial charge in [-0.3, -0.25) is 4.79 Å². The van der Waals surface area contributed by atoms with E-state index < -0.39 is 11.0 Å². The molecule has 0 unspecified atom stereocenters. The van der Waals surface area contributed by atoms with E-state index in [9.17, 15) is 4.79 Å². The van der Waals surface area contributed by atoms with Gasteiger partial charge in [0.25, 0.3) is 0 Å². The van der Waals surface area contributed by atoms with Gasteiger partial charge in [-0.2, -0.15) is 0 Å². The fourth-order valence-electron chi connectivity index (χ4n) is 1.45. The van der Waals surface area contributed by atoms with Gasteiger partial charge in [-0.15, -0.1) is 0 Å². The van der Waals surface area contributed by atoms with Crippen molar-refractivity contribution in [2.45, 2.75) is 46.6 Å². The van der Waals surface area contributed by atoms with Crippen LogP contribution in [0.1, 0.15) is 40.2 Å². The summed E-state index contributed by atoms with van der Waals surface area (Å²) < 4.78 is 0. The molecule has 1 rings (SSSR count). The van der Waals surface area contributed by atoms with Gasteiger partial charge in [0.2, 0.25) is 5.91 Å². The summed E-state index contributed by atoms with van der Waals surface area (Å²) in [7, 11) is 0. The van der Waals surface area contributed by atoms with Crippen LogP contribution < -0.4 is 11.1 Å². The number of aryl methyl sites for hydroxylation is 1. The Morgan fingerprint density at radius 2 is 1.89 bits per heavy atom. The first-order valence-electron chi connectivity index (χ1n) is 6.37. The van der Waals surface area contributed by atoms with Gasteiger partial charge >= 0.3 is 0 Å². The Morgan fingerprint density at radius 3 is 2.39 bits per heavy atom. The Kier molecular flexibility index (Phi) is 4.17. The minimum absolute atomic E-state index is 0.0525. The average molecular weight is 248 g/mol. The predicted octanol–water partition coefficient (Wildman–Crippen LogP) is 2.95. The summed E-state index contributed by atoms with van der Waals surface area (Å²) in [6.07, 6.45) is 0.954. The van der Waals surface area contributed by atoms with Crippen LogP contribution in [-0.2, 0) is 11.2 Å². The summed E-state index contributed by atoms with van der Waals surface area (Å²) in [6.45, 7) is 9.57. The van der Waals surface area contributed by atoms with Gasteiger partial charge in [-0.05, 0) is 51.8 Å². The number of hydrogen-bond donors (Lipinski definition) is 2. The van der Waals surface area contributed by atoms with Gasteiger partial charge in [-0.1, -0.05) is 19.1 Å². The van der Waals surface area contributed by atoms with Gasteiger partial charge in [0.1, 0.15) is 0 Å². The van der Waals surface area contributed by atoms with Crippen LogP contribution in [0, 0.1) is 5.41 Å². The number of carbonyl (C=O) groups excluding carboxylic acids is 1. The second-order valence-corrected chi connectivity index (χ2v) is 5.85. The molecule has 1 aromatic rings. The second kappa shape index (κ2) is 5.11. The van der Waals surface area contributed by atoms with Crippen molar-refractivity contribution in [3.8, 4) is 0 Å². The van der Waals surface area contributed by atoms with E-state index in [1.54, 1.807) is 0 Å². The quantitative estimate of drug-likeness (QED) is 0.860. The van der Waals surface area contributed by atoms with Crippen LogP contribution in [-0.4, -0.2) is 11.4 Å². The average Bonchev–Trinajstić information content (AvgIpc) is 2.27. The predicted molar refractivity (Wildman–Crippen MR) is 76.5 cm³/mol. The number of nitrogens with one attached hydrogen (secondary N) is 1. The molecule has 0 aliphatic rings. The maximum atomic E-state index is 12.3. The molecular formula is C15H24N2O. The Morgan fingerprint density at radius 1 is 1.28 bits per heavy atom. The van der Waals surface area contributed by atoms with Crippen LogP contribution in [0.25, 0.3) is 0 Å². The first-order chi connectivity index (χ1) is 8.18. The van der Waals surface area contributed by atoms with Crippen LogP contribution in [0.15, 0.2) is 24.3 Å². The molecule has 0 radical (unpaired) electrons. The van der Waals surface area contributed by atoms with Crippen molar-refractivity contribution < 1.29 is 4.79 Å². The van der Waals surface area contributed by atoms with Crippen molar-refractivity contribution in [3.05, 3.63) is 29.8 Å². The van der Waals surface area contributed by atoms with Crippen LogP contribution >= 0.6 is 0 Å². The fourth-order valence-corrected chi connectivity index (χ4v) is 1.45. The summed E-state index contributed by atoms with van der Waals surface area (Å²) >= 11 is 0. The van der Waals surface area contributed by atoms with Gasteiger partial charge in [0, 0.05) is 11.2 Å². The molecule has 3 nitrogen and oxygen atoms in total. The van der Waals surface area contributed by atoms with Crippen LogP contribution in [0.2, 0.25) is 0 Å². The lowest BCUT2D eigenvalue weighted by atomic mass is 9.74. The molecule has 0 fully saturated rings. The standard InChI is InChI=1S/C15H24N2O/c1-6-11-8-7-9-12(10-11)17-13(18)14(2,3)15(4,5)16/h7-10H,6,16H2,1-5H3,(H,17,18). The third-order valence-electron chi connectivity index (χ3n) is 3.77. The van der Waals surface area contributed by atoms with E-state index in [4.69, 9.17) is 5.73 Å². The minimum atomic E-state index is -0.630. The number of rotatable bonds is 4. The molecule has 100 valence electrons. The summed E-state index contributed by atoms with van der Waals surface area (Å²) in [5.41, 5.74) is 6.90. The van der Waals surface area contributed by atoms with Gasteiger partial charge < -0.3 is 11.1 Å². The lowest BCUT2D eigenvalue weighted by Crippen LogP contribution is -2.53. The number of nitrogens with two attached hydrogens (primary N) is 1. The van der Waals surface area contributed by atoms with Crippen LogP contribution in [0.5, 0.6) is 0 Å². The molecule has 0 spiro atoms. The highest BCUT2D eigenvalue weighted by Crippen LogP contribution is 2.29. The van der Waals surface area contributed by atoms with E-state index in [1.165, 1.54) is 5.56 Å². The smallest absolute Gasteiger partial charge is 0.231 e. The highest BCUT2D eigenvalue weighted by Gasteiger charge is 2.40. The van der Waals surface area contributed by atoms with Crippen molar-refractivity contribution in [2.24, 2.45) is 11.1 Å². The van der Waals surface area contributed by atoms with E-state index in [2.05, 4.69) is 12.2 Å². The van der Waals surface area contributed by atoms with E-state index in [-0.39, 0.29) is 5.91 Å². The third kappa shape index (κ3) is 3.10. The molecule has 3 N–H and O–H groups in total. The molecule has 0 atom stereocenters. The molecule has 18 heavy (non-hydrogen) atoms. The molecule has 1 aromatic carbocycles. The molecule has 0 heterocycles. The SMILES string of the molecule is CCc1cccc(NC(=O)C(C)(C)C(C)(C)N)c1. The zero-order chi connectivity index (χ0) is 14.0. The molecule has 0 aliphatic carbocycles. The van der Waals surface area contributed by atoms with Gasteiger partial charge in [0.15, 0.2) is 0 Å². The minimum Gasteiger partial charge on any atom is -0.326 e. The van der Waals surface area contributed by atoms with E-state index in [0.717, 1.165) is 12.1 Å². The summed E-state index contributed by atoms with van der Waals surface area (Å²) in [5, 5.41) is 2.94. The normalized spacial score (nSPS) is 12.3. The van der Waals surface area contributed by atoms with E-state index in [1.807, 2.05) is 52.0 Å². The van der Waals surface area contributed by atoms with Crippen molar-refractivity contribution >= 4 is 11.6 Å². The van der Waals surface area contributed by atoms with Crippen molar-refractivity contribution in [1.82, 2.24) is 0 Å². The highest BCUT2D eigenvalue weighted by atomic mass is 16.2. The Hall–Kier alpha value is -1.35. The number of amides is 1. The van der Waals surface area contributed by atoms with Crippen molar-refractivity contribution in [3.63, 3.8) is 0 Å². The van der Waals surface area contributed by atoms with Crippen molar-refractivity contribution in [2.75, 3.05) is 5.32 Å². The summed E-state index contributed by atoms with van der Waals surface area (Å²) in [4.78, 5) is 12.3. The summed E-state index contributed by atoms with van der Waals surface area (Å²) in [6, 6.07) is 7.90. The lowest BCUT2D eigenvalue weighted by Gasteiger charge is -2.36. The Balaban J connectivity index is 2.88. The van der Waals surface area contributed by atoms with Crippen LogP contribution in [0.3, 0.4) is 0 Å².